The molecule has 4 rings (SSSR count). The topological polar surface area (TPSA) is 131 Å². The molecular weight excluding hydrogens is 426 g/mol. The zero-order chi connectivity index (χ0) is 23.4. The molecule has 0 amide bonds. The van der Waals surface area contributed by atoms with E-state index in [9.17, 15) is 19.7 Å². The van der Waals surface area contributed by atoms with Crippen molar-refractivity contribution in [3.63, 3.8) is 0 Å². The molecule has 0 radical (unpaired) electrons. The maximum Gasteiger partial charge on any atom is 0.357 e. The van der Waals surface area contributed by atoms with Gasteiger partial charge in [-0.1, -0.05) is 0 Å². The lowest BCUT2D eigenvalue weighted by atomic mass is 10.2. The number of pyridine rings is 2. The second-order valence-corrected chi connectivity index (χ2v) is 7.24. The molecule has 4 aromatic heterocycles. The molecule has 0 aliphatic carbocycles. The van der Waals surface area contributed by atoms with E-state index in [1.165, 1.54) is 23.0 Å². The molecule has 11 heteroatoms. The highest BCUT2D eigenvalue weighted by molar-refractivity contribution is 5.71. The lowest BCUT2D eigenvalue weighted by Crippen LogP contribution is -2.42. The first-order valence-electron chi connectivity index (χ1n) is 9.90. The molecule has 4 aromatic rings. The van der Waals surface area contributed by atoms with Crippen LogP contribution in [0, 0.1) is 10.1 Å². The minimum atomic E-state index is -0.973. The van der Waals surface area contributed by atoms with E-state index in [4.69, 9.17) is 0 Å². The summed E-state index contributed by atoms with van der Waals surface area (Å²) in [6, 6.07) is 6.68. The monoisotopic (exact) mass is 445 g/mol. The van der Waals surface area contributed by atoms with Crippen molar-refractivity contribution in [2.45, 2.75) is 13.1 Å². The largest absolute Gasteiger partial charge is 0.357 e. The fraction of sp³-hybridized carbons (Fsp3) is 0.136. The number of aryl methyl sites for hydroxylation is 1. The van der Waals surface area contributed by atoms with E-state index >= 15 is 0 Å². The highest BCUT2D eigenvalue weighted by Gasteiger charge is 2.26. The number of nitrogens with zero attached hydrogens (tertiary/aromatic N) is 7. The maximum atomic E-state index is 13.4. The molecule has 0 aromatic carbocycles. The smallest absolute Gasteiger partial charge is 0.283 e. The summed E-state index contributed by atoms with van der Waals surface area (Å²) >= 11 is 0. The molecule has 0 aliphatic heterocycles. The van der Waals surface area contributed by atoms with Gasteiger partial charge in [-0.2, -0.15) is 5.10 Å². The summed E-state index contributed by atoms with van der Waals surface area (Å²) in [5, 5.41) is 16.0. The highest BCUT2D eigenvalue weighted by atomic mass is 16.6. The average molecular weight is 445 g/mol. The third-order valence-electron chi connectivity index (χ3n) is 4.96. The zero-order valence-corrected chi connectivity index (χ0v) is 17.6. The lowest BCUT2D eigenvalue weighted by molar-refractivity contribution is -0.387. The first kappa shape index (κ1) is 21.6. The van der Waals surface area contributed by atoms with Crippen molar-refractivity contribution in [2.75, 3.05) is 0 Å². The Kier molecular flexibility index (Phi) is 6.02. The molecule has 0 atom stereocenters. The first-order valence-corrected chi connectivity index (χ1v) is 9.90. The second-order valence-electron chi connectivity index (χ2n) is 7.24. The Labute approximate surface area is 187 Å². The molecule has 0 unspecified atom stereocenters. The van der Waals surface area contributed by atoms with Crippen LogP contribution in [0.5, 0.6) is 0 Å². The van der Waals surface area contributed by atoms with E-state index in [-0.39, 0.29) is 18.8 Å². The normalized spacial score (nSPS) is 11.2. The fourth-order valence-electron chi connectivity index (χ4n) is 3.38. The van der Waals surface area contributed by atoms with Crippen molar-refractivity contribution in [3.8, 4) is 0 Å². The van der Waals surface area contributed by atoms with Gasteiger partial charge in [0.05, 0.1) is 24.2 Å². The van der Waals surface area contributed by atoms with Crippen LogP contribution >= 0.6 is 0 Å². The molecule has 11 nitrogen and oxygen atoms in total. The predicted molar refractivity (Wildman–Crippen MR) is 120 cm³/mol. The SMILES string of the molecule is Cn1cc(C=Cc2c([N+](=O)[O-])c(=O)n(Cc3ccncc3)c(=O)n2Cc2ccncc2)cn1. The van der Waals surface area contributed by atoms with Crippen molar-refractivity contribution in [3.05, 3.63) is 115 Å². The minimum Gasteiger partial charge on any atom is -0.283 e. The van der Waals surface area contributed by atoms with Crippen LogP contribution in [-0.4, -0.2) is 33.8 Å². The minimum absolute atomic E-state index is 0.0194. The number of rotatable bonds is 7. The van der Waals surface area contributed by atoms with Crippen molar-refractivity contribution in [2.24, 2.45) is 7.05 Å². The quantitative estimate of drug-likeness (QED) is 0.313. The Morgan fingerprint density at radius 1 is 0.939 bits per heavy atom. The van der Waals surface area contributed by atoms with Crippen LogP contribution in [0.1, 0.15) is 22.4 Å². The molecule has 166 valence electrons. The molecule has 0 aliphatic rings. The number of aromatic nitrogens is 6. The van der Waals surface area contributed by atoms with E-state index in [1.54, 1.807) is 66.9 Å². The Hall–Kier alpha value is -4.67. The van der Waals surface area contributed by atoms with Crippen molar-refractivity contribution < 1.29 is 4.92 Å². The Balaban J connectivity index is 1.94. The predicted octanol–water partition coefficient (Wildman–Crippen LogP) is 1.71. The van der Waals surface area contributed by atoms with Gasteiger partial charge in [-0.05, 0) is 47.5 Å². The van der Waals surface area contributed by atoms with Gasteiger partial charge in [0.15, 0.2) is 0 Å². The van der Waals surface area contributed by atoms with Gasteiger partial charge in [-0.25, -0.2) is 9.36 Å². The van der Waals surface area contributed by atoms with Crippen molar-refractivity contribution in [1.82, 2.24) is 28.9 Å². The molecule has 4 heterocycles. The Morgan fingerprint density at radius 3 is 2.03 bits per heavy atom. The van der Waals surface area contributed by atoms with Gasteiger partial charge in [0.1, 0.15) is 5.69 Å². The summed E-state index contributed by atoms with van der Waals surface area (Å²) in [4.78, 5) is 45.7. The molecule has 0 bridgehead atoms. The number of hydrogen-bond acceptors (Lipinski definition) is 7. The maximum absolute atomic E-state index is 13.4. The molecule has 0 saturated heterocycles. The fourth-order valence-corrected chi connectivity index (χ4v) is 3.38. The van der Waals surface area contributed by atoms with E-state index in [0.29, 0.717) is 16.7 Å². The molecular formula is C22H19N7O4. The van der Waals surface area contributed by atoms with Gasteiger partial charge in [0.25, 0.3) is 0 Å². The average Bonchev–Trinajstić information content (AvgIpc) is 3.23. The van der Waals surface area contributed by atoms with Crippen LogP contribution in [0.15, 0.2) is 71.0 Å². The van der Waals surface area contributed by atoms with Crippen LogP contribution in [0.2, 0.25) is 0 Å². The molecule has 0 saturated carbocycles. The van der Waals surface area contributed by atoms with Crippen LogP contribution in [0.4, 0.5) is 5.69 Å². The Morgan fingerprint density at radius 2 is 1.52 bits per heavy atom. The number of hydrogen-bond donors (Lipinski definition) is 0. The molecule has 0 N–H and O–H groups in total. The third kappa shape index (κ3) is 4.66. The van der Waals surface area contributed by atoms with E-state index in [0.717, 1.165) is 4.57 Å². The molecule has 0 fully saturated rings. The standard InChI is InChI=1S/C22H19N7O4/c1-26-13-18(12-25-26)2-3-19-20(29(32)33)21(30)28(15-17-6-10-24-11-7-17)22(31)27(19)14-16-4-8-23-9-5-16/h2-13H,14-15H2,1H3. The van der Waals surface area contributed by atoms with E-state index in [2.05, 4.69) is 15.1 Å². The summed E-state index contributed by atoms with van der Waals surface area (Å²) in [7, 11) is 1.74. The molecule has 33 heavy (non-hydrogen) atoms. The summed E-state index contributed by atoms with van der Waals surface area (Å²) in [6.45, 7) is -0.102. The van der Waals surface area contributed by atoms with Gasteiger partial charge < -0.3 is 0 Å². The number of nitro groups is 1. The molecule has 0 spiro atoms. The van der Waals surface area contributed by atoms with Gasteiger partial charge in [0.2, 0.25) is 0 Å². The van der Waals surface area contributed by atoms with Gasteiger partial charge in [0, 0.05) is 43.6 Å². The summed E-state index contributed by atoms with van der Waals surface area (Å²) in [6.07, 6.45) is 12.4. The van der Waals surface area contributed by atoms with Crippen molar-refractivity contribution >= 4 is 17.8 Å². The van der Waals surface area contributed by atoms with E-state index in [1.807, 2.05) is 0 Å². The van der Waals surface area contributed by atoms with Gasteiger partial charge in [-0.15, -0.1) is 0 Å². The second kappa shape index (κ2) is 9.22. The first-order chi connectivity index (χ1) is 15.9. The lowest BCUT2D eigenvalue weighted by Gasteiger charge is -2.14. The highest BCUT2D eigenvalue weighted by Crippen LogP contribution is 2.17. The summed E-state index contributed by atoms with van der Waals surface area (Å²) < 4.78 is 3.67. The van der Waals surface area contributed by atoms with Gasteiger partial charge in [-0.3, -0.25) is 34.1 Å². The summed E-state index contributed by atoms with van der Waals surface area (Å²) in [5.74, 6) is 0. The zero-order valence-electron chi connectivity index (χ0n) is 17.6. The summed E-state index contributed by atoms with van der Waals surface area (Å²) in [5.41, 5.74) is -0.432. The third-order valence-corrected chi connectivity index (χ3v) is 4.96. The van der Waals surface area contributed by atoms with Crippen LogP contribution < -0.4 is 11.2 Å². The van der Waals surface area contributed by atoms with Crippen molar-refractivity contribution in [1.29, 1.82) is 0 Å². The van der Waals surface area contributed by atoms with Crippen LogP contribution in [0.3, 0.4) is 0 Å². The van der Waals surface area contributed by atoms with E-state index < -0.39 is 21.9 Å². The van der Waals surface area contributed by atoms with Crippen LogP contribution in [0.25, 0.3) is 12.2 Å². The Bertz CT molecular complexity index is 1440. The van der Waals surface area contributed by atoms with Crippen LogP contribution in [-0.2, 0) is 20.1 Å². The van der Waals surface area contributed by atoms with Gasteiger partial charge >= 0.3 is 16.9 Å².